The Kier molecular flexibility index (Phi) is 5.22. The van der Waals surface area contributed by atoms with Crippen molar-refractivity contribution in [2.24, 2.45) is 0 Å². The van der Waals surface area contributed by atoms with Crippen molar-refractivity contribution in [1.82, 2.24) is 4.90 Å². The van der Waals surface area contributed by atoms with Gasteiger partial charge in [-0.05, 0) is 23.3 Å². The summed E-state index contributed by atoms with van der Waals surface area (Å²) >= 11 is 5.89. The smallest absolute Gasteiger partial charge is 0.410 e. The average molecular weight is 396 g/mol. The third-order valence-electron chi connectivity index (χ3n) is 4.04. The van der Waals surface area contributed by atoms with Crippen LogP contribution in [0.5, 0.6) is 0 Å². The van der Waals surface area contributed by atoms with Crippen molar-refractivity contribution in [2.45, 2.75) is 12.2 Å². The van der Waals surface area contributed by atoms with Crippen LogP contribution in [0, 0.1) is 0 Å². The van der Waals surface area contributed by atoms with Crippen molar-refractivity contribution in [3.63, 3.8) is 0 Å². The lowest BCUT2D eigenvalue weighted by Gasteiger charge is -2.48. The number of amides is 1. The molecule has 2 aromatic carbocycles. The van der Waals surface area contributed by atoms with E-state index in [2.05, 4.69) is 0 Å². The Hall–Kier alpha value is -2.09. The van der Waals surface area contributed by atoms with Crippen LogP contribution in [0.3, 0.4) is 0 Å². The second-order valence-corrected chi connectivity index (χ2v) is 8.20. The Morgan fingerprint density at radius 2 is 1.73 bits per heavy atom. The van der Waals surface area contributed by atoms with Crippen molar-refractivity contribution in [3.05, 3.63) is 70.7 Å². The second-order valence-electron chi connectivity index (χ2n) is 6.18. The number of hydrogen-bond acceptors (Lipinski definition) is 5. The molecular weight excluding hydrogens is 378 g/mol. The molecule has 8 heteroatoms. The fraction of sp³-hybridized carbons (Fsp3) is 0.278. The number of carbonyl (C=O) groups excluding carboxylic acids is 1. The van der Waals surface area contributed by atoms with Gasteiger partial charge >= 0.3 is 6.09 Å². The average Bonchev–Trinajstić information content (AvgIpc) is 2.56. The van der Waals surface area contributed by atoms with Gasteiger partial charge in [-0.3, -0.25) is 4.18 Å². The van der Waals surface area contributed by atoms with Gasteiger partial charge in [-0.1, -0.05) is 54.1 Å². The molecule has 26 heavy (non-hydrogen) atoms. The Labute approximate surface area is 157 Å². The van der Waals surface area contributed by atoms with Gasteiger partial charge in [0.25, 0.3) is 10.1 Å². The number of rotatable bonds is 5. The van der Waals surface area contributed by atoms with Crippen molar-refractivity contribution < 1.29 is 22.1 Å². The van der Waals surface area contributed by atoms with E-state index in [0.717, 1.165) is 11.8 Å². The van der Waals surface area contributed by atoms with Crippen LogP contribution < -0.4 is 0 Å². The first kappa shape index (κ1) is 18.7. The van der Waals surface area contributed by atoms with E-state index in [4.69, 9.17) is 20.5 Å². The van der Waals surface area contributed by atoms with Gasteiger partial charge in [0.15, 0.2) is 0 Å². The molecule has 0 N–H and O–H groups in total. The quantitative estimate of drug-likeness (QED) is 0.727. The molecule has 1 amide bonds. The Morgan fingerprint density at radius 3 is 2.31 bits per heavy atom. The molecule has 0 spiro atoms. The SMILES string of the molecule is CS(=O)(=O)OC1(c2ccc(Cl)cc2)CN(C(=O)OCc2ccccc2)C1. The standard InChI is InChI=1S/C18H18ClNO5S/c1-26(22,23)25-18(15-7-9-16(19)10-8-15)12-20(13-18)17(21)24-11-14-5-3-2-4-6-14/h2-10H,11-13H2,1H3. The summed E-state index contributed by atoms with van der Waals surface area (Å²) in [7, 11) is -3.72. The van der Waals surface area contributed by atoms with Crippen LogP contribution in [0.4, 0.5) is 4.79 Å². The minimum absolute atomic E-state index is 0.0787. The predicted molar refractivity (Wildman–Crippen MR) is 97.3 cm³/mol. The first-order valence-corrected chi connectivity index (χ1v) is 10.1. The van der Waals surface area contributed by atoms with Crippen molar-refractivity contribution in [2.75, 3.05) is 19.3 Å². The van der Waals surface area contributed by atoms with Crippen LogP contribution in [0.25, 0.3) is 0 Å². The lowest BCUT2D eigenvalue weighted by Crippen LogP contribution is -2.63. The molecule has 1 heterocycles. The zero-order valence-electron chi connectivity index (χ0n) is 14.1. The first-order chi connectivity index (χ1) is 12.3. The maximum atomic E-state index is 12.2. The number of carbonyl (C=O) groups is 1. The van der Waals surface area contributed by atoms with E-state index in [0.29, 0.717) is 10.6 Å². The normalized spacial score (nSPS) is 16.0. The molecule has 1 aliphatic rings. The highest BCUT2D eigenvalue weighted by molar-refractivity contribution is 7.86. The van der Waals surface area contributed by atoms with E-state index in [1.807, 2.05) is 30.3 Å². The number of halogens is 1. The van der Waals surface area contributed by atoms with E-state index in [1.165, 1.54) is 4.90 Å². The number of benzene rings is 2. The van der Waals surface area contributed by atoms with Crippen LogP contribution in [-0.4, -0.2) is 38.8 Å². The van der Waals surface area contributed by atoms with Crippen molar-refractivity contribution in [1.29, 1.82) is 0 Å². The van der Waals surface area contributed by atoms with Gasteiger partial charge < -0.3 is 9.64 Å². The lowest BCUT2D eigenvalue weighted by molar-refractivity contribution is -0.0713. The van der Waals surface area contributed by atoms with E-state index in [-0.39, 0.29) is 19.7 Å². The Morgan fingerprint density at radius 1 is 1.12 bits per heavy atom. The summed E-state index contributed by atoms with van der Waals surface area (Å²) in [5, 5.41) is 0.529. The maximum Gasteiger partial charge on any atom is 0.410 e. The molecule has 1 fully saturated rings. The molecule has 1 saturated heterocycles. The van der Waals surface area contributed by atoms with Gasteiger partial charge in [0, 0.05) is 5.02 Å². The molecule has 0 saturated carbocycles. The fourth-order valence-corrected chi connectivity index (χ4v) is 3.74. The second kappa shape index (κ2) is 7.26. The highest BCUT2D eigenvalue weighted by atomic mass is 35.5. The molecule has 1 aliphatic heterocycles. The van der Waals surface area contributed by atoms with Crippen molar-refractivity contribution >= 4 is 27.8 Å². The van der Waals surface area contributed by atoms with E-state index < -0.39 is 21.8 Å². The van der Waals surface area contributed by atoms with E-state index in [9.17, 15) is 13.2 Å². The summed E-state index contributed by atoms with van der Waals surface area (Å²) in [4.78, 5) is 13.6. The van der Waals surface area contributed by atoms with Crippen LogP contribution in [-0.2, 0) is 31.2 Å². The number of likely N-dealkylation sites (tertiary alicyclic amines) is 1. The van der Waals surface area contributed by atoms with Gasteiger partial charge in [0.05, 0.1) is 19.3 Å². The molecule has 6 nitrogen and oxygen atoms in total. The number of hydrogen-bond donors (Lipinski definition) is 0. The monoisotopic (exact) mass is 395 g/mol. The van der Waals surface area contributed by atoms with Gasteiger partial charge in [-0.15, -0.1) is 0 Å². The third-order valence-corrected chi connectivity index (χ3v) is 4.91. The zero-order chi connectivity index (χ0) is 18.8. The van der Waals surface area contributed by atoms with E-state index in [1.54, 1.807) is 24.3 Å². The van der Waals surface area contributed by atoms with Crippen LogP contribution in [0.15, 0.2) is 54.6 Å². The molecule has 0 atom stereocenters. The molecular formula is C18H18ClNO5S. The molecule has 2 aromatic rings. The molecule has 3 rings (SSSR count). The summed E-state index contributed by atoms with van der Waals surface area (Å²) in [5.74, 6) is 0. The predicted octanol–water partition coefficient (Wildman–Crippen LogP) is 3.16. The van der Waals surface area contributed by atoms with Gasteiger partial charge in [0.2, 0.25) is 0 Å². The molecule has 0 bridgehead atoms. The minimum Gasteiger partial charge on any atom is -0.445 e. The molecule has 0 aromatic heterocycles. The minimum atomic E-state index is -3.72. The van der Waals surface area contributed by atoms with Crippen LogP contribution in [0.1, 0.15) is 11.1 Å². The summed E-state index contributed by atoms with van der Waals surface area (Å²) in [5.41, 5.74) is 0.390. The summed E-state index contributed by atoms with van der Waals surface area (Å²) in [6.45, 7) is 0.307. The molecule has 0 unspecified atom stereocenters. The lowest BCUT2D eigenvalue weighted by atomic mass is 9.86. The number of nitrogens with zero attached hydrogens (tertiary/aromatic N) is 1. The summed E-state index contributed by atoms with van der Waals surface area (Å²) in [6, 6.07) is 16.0. The molecule has 0 radical (unpaired) electrons. The van der Waals surface area contributed by atoms with Crippen LogP contribution in [0.2, 0.25) is 5.02 Å². The fourth-order valence-electron chi connectivity index (χ4n) is 2.84. The molecule has 138 valence electrons. The van der Waals surface area contributed by atoms with Gasteiger partial charge in [0.1, 0.15) is 12.2 Å². The molecule has 0 aliphatic carbocycles. The Bertz CT molecular complexity index is 878. The topological polar surface area (TPSA) is 72.9 Å². The van der Waals surface area contributed by atoms with Crippen molar-refractivity contribution in [3.8, 4) is 0 Å². The largest absolute Gasteiger partial charge is 0.445 e. The summed E-state index contributed by atoms with van der Waals surface area (Å²) < 4.78 is 33.9. The Balaban J connectivity index is 1.68. The summed E-state index contributed by atoms with van der Waals surface area (Å²) in [6.07, 6.45) is 0.469. The highest BCUT2D eigenvalue weighted by Gasteiger charge is 2.50. The third kappa shape index (κ3) is 4.35. The first-order valence-electron chi connectivity index (χ1n) is 7.90. The van der Waals surface area contributed by atoms with Gasteiger partial charge in [-0.2, -0.15) is 8.42 Å². The van der Waals surface area contributed by atoms with E-state index >= 15 is 0 Å². The maximum absolute atomic E-state index is 12.2. The zero-order valence-corrected chi connectivity index (χ0v) is 15.7. The highest BCUT2D eigenvalue weighted by Crippen LogP contribution is 2.38. The number of ether oxygens (including phenoxy) is 1. The van der Waals surface area contributed by atoms with Gasteiger partial charge in [-0.25, -0.2) is 4.79 Å². The van der Waals surface area contributed by atoms with Crippen LogP contribution >= 0.6 is 11.6 Å².